The van der Waals surface area contributed by atoms with Crippen molar-refractivity contribution in [2.45, 2.75) is 76.7 Å². The molecule has 0 radical (unpaired) electrons. The van der Waals surface area contributed by atoms with Crippen LogP contribution in [0.5, 0.6) is 0 Å². The van der Waals surface area contributed by atoms with Crippen molar-refractivity contribution in [3.8, 4) is 0 Å². The Kier molecular flexibility index (Phi) is 4.69. The molecule has 2 aliphatic rings. The summed E-state index contributed by atoms with van der Waals surface area (Å²) in [7, 11) is 0. The quantitative estimate of drug-likeness (QED) is 0.830. The van der Waals surface area contributed by atoms with Gasteiger partial charge in [0.05, 0.1) is 0 Å². The number of hydrogen-bond donors (Lipinski definition) is 1. The van der Waals surface area contributed by atoms with Gasteiger partial charge in [-0.2, -0.15) is 0 Å². The maximum absolute atomic E-state index is 7.00. The Bertz CT molecular complexity index is 443. The van der Waals surface area contributed by atoms with Gasteiger partial charge in [-0.05, 0) is 43.6 Å². The van der Waals surface area contributed by atoms with Gasteiger partial charge in [0.1, 0.15) is 0 Å². The minimum absolute atomic E-state index is 0.0511. The van der Waals surface area contributed by atoms with Gasteiger partial charge in [-0.15, -0.1) is 0 Å². The van der Waals surface area contributed by atoms with Gasteiger partial charge in [0.15, 0.2) is 0 Å². The summed E-state index contributed by atoms with van der Waals surface area (Å²) < 4.78 is 0. The number of aryl methyl sites for hydroxylation is 1. The standard InChI is InChI=1S/C20H31N/c1-16-10-12-17(13-11-16)15-20(21)14-6-5-9-19(20)18-7-3-2-4-8-18/h10-13,18-19H,2-9,14-15,21H2,1H3. The van der Waals surface area contributed by atoms with Crippen LogP contribution in [0, 0.1) is 18.8 Å². The van der Waals surface area contributed by atoms with E-state index in [2.05, 4.69) is 31.2 Å². The van der Waals surface area contributed by atoms with E-state index in [-0.39, 0.29) is 5.54 Å². The van der Waals surface area contributed by atoms with Gasteiger partial charge in [0.25, 0.3) is 0 Å². The average molecular weight is 285 g/mol. The van der Waals surface area contributed by atoms with Crippen molar-refractivity contribution in [1.82, 2.24) is 0 Å². The molecule has 0 bridgehead atoms. The van der Waals surface area contributed by atoms with Crippen LogP contribution in [0.3, 0.4) is 0 Å². The Hall–Kier alpha value is -0.820. The third-order valence-electron chi connectivity index (χ3n) is 6.02. The lowest BCUT2D eigenvalue weighted by Gasteiger charge is -2.46. The number of hydrogen-bond acceptors (Lipinski definition) is 1. The van der Waals surface area contributed by atoms with Crippen molar-refractivity contribution >= 4 is 0 Å². The minimum Gasteiger partial charge on any atom is -0.325 e. The van der Waals surface area contributed by atoms with Crippen LogP contribution in [0.4, 0.5) is 0 Å². The molecule has 0 saturated heterocycles. The van der Waals surface area contributed by atoms with Crippen molar-refractivity contribution in [2.24, 2.45) is 17.6 Å². The van der Waals surface area contributed by atoms with E-state index in [9.17, 15) is 0 Å². The number of benzene rings is 1. The van der Waals surface area contributed by atoms with Crippen LogP contribution >= 0.6 is 0 Å². The van der Waals surface area contributed by atoms with Crippen LogP contribution in [0.2, 0.25) is 0 Å². The van der Waals surface area contributed by atoms with Gasteiger partial charge in [-0.1, -0.05) is 74.8 Å². The summed E-state index contributed by atoms with van der Waals surface area (Å²) >= 11 is 0. The smallest absolute Gasteiger partial charge is 0.0226 e. The Morgan fingerprint density at radius 1 is 0.952 bits per heavy atom. The van der Waals surface area contributed by atoms with E-state index >= 15 is 0 Å². The third kappa shape index (κ3) is 3.51. The molecule has 0 heterocycles. The van der Waals surface area contributed by atoms with E-state index in [4.69, 9.17) is 5.73 Å². The van der Waals surface area contributed by atoms with Crippen LogP contribution in [0.1, 0.15) is 68.9 Å². The molecule has 0 aromatic heterocycles. The lowest BCUT2D eigenvalue weighted by Crippen LogP contribution is -2.53. The molecule has 0 spiro atoms. The zero-order chi connectivity index (χ0) is 14.7. The summed E-state index contributed by atoms with van der Waals surface area (Å²) in [6.45, 7) is 2.16. The number of rotatable bonds is 3. The van der Waals surface area contributed by atoms with Crippen LogP contribution in [0.25, 0.3) is 0 Å². The highest BCUT2D eigenvalue weighted by Gasteiger charge is 2.41. The third-order valence-corrected chi connectivity index (χ3v) is 6.02. The predicted octanol–water partition coefficient (Wildman–Crippen LogP) is 5.01. The van der Waals surface area contributed by atoms with E-state index in [1.165, 1.54) is 68.9 Å². The van der Waals surface area contributed by atoms with Crippen molar-refractivity contribution < 1.29 is 0 Å². The first-order valence-corrected chi connectivity index (χ1v) is 9.02. The summed E-state index contributed by atoms with van der Waals surface area (Å²) in [5.74, 6) is 1.65. The molecule has 2 atom stereocenters. The fraction of sp³-hybridized carbons (Fsp3) is 0.700. The van der Waals surface area contributed by atoms with E-state index in [0.717, 1.165) is 18.3 Å². The highest BCUT2D eigenvalue weighted by Crippen LogP contribution is 2.44. The summed E-state index contributed by atoms with van der Waals surface area (Å²) in [6, 6.07) is 9.04. The van der Waals surface area contributed by atoms with E-state index in [1.54, 1.807) is 0 Å². The summed E-state index contributed by atoms with van der Waals surface area (Å²) in [5, 5.41) is 0. The fourth-order valence-corrected chi connectivity index (χ4v) is 4.84. The second-order valence-electron chi connectivity index (χ2n) is 7.65. The summed E-state index contributed by atoms with van der Waals surface area (Å²) in [5.41, 5.74) is 9.84. The summed E-state index contributed by atoms with van der Waals surface area (Å²) in [6.07, 6.45) is 13.6. The molecule has 2 unspecified atom stereocenters. The van der Waals surface area contributed by atoms with Crippen LogP contribution in [-0.4, -0.2) is 5.54 Å². The molecule has 1 heteroatoms. The molecular weight excluding hydrogens is 254 g/mol. The molecule has 2 aliphatic carbocycles. The molecule has 1 aromatic rings. The van der Waals surface area contributed by atoms with Gasteiger partial charge < -0.3 is 5.73 Å². The van der Waals surface area contributed by atoms with Crippen molar-refractivity contribution in [1.29, 1.82) is 0 Å². The minimum atomic E-state index is 0.0511. The lowest BCUT2D eigenvalue weighted by molar-refractivity contribution is 0.0995. The van der Waals surface area contributed by atoms with Crippen LogP contribution in [-0.2, 0) is 6.42 Å². The Balaban J connectivity index is 1.75. The first-order valence-electron chi connectivity index (χ1n) is 9.02. The molecule has 2 saturated carbocycles. The molecule has 1 nitrogen and oxygen atoms in total. The molecule has 2 fully saturated rings. The van der Waals surface area contributed by atoms with E-state index in [0.29, 0.717) is 0 Å². The normalized spacial score (nSPS) is 31.2. The molecule has 21 heavy (non-hydrogen) atoms. The van der Waals surface area contributed by atoms with Gasteiger partial charge in [0, 0.05) is 5.54 Å². The summed E-state index contributed by atoms with van der Waals surface area (Å²) in [4.78, 5) is 0. The second-order valence-corrected chi connectivity index (χ2v) is 7.65. The molecule has 2 N–H and O–H groups in total. The molecule has 0 aliphatic heterocycles. The lowest BCUT2D eigenvalue weighted by atomic mass is 9.62. The van der Waals surface area contributed by atoms with Gasteiger partial charge in [-0.3, -0.25) is 0 Å². The Morgan fingerprint density at radius 3 is 2.33 bits per heavy atom. The first-order chi connectivity index (χ1) is 10.2. The fourth-order valence-electron chi connectivity index (χ4n) is 4.84. The average Bonchev–Trinajstić information content (AvgIpc) is 2.51. The predicted molar refractivity (Wildman–Crippen MR) is 90.3 cm³/mol. The van der Waals surface area contributed by atoms with Crippen molar-refractivity contribution in [3.05, 3.63) is 35.4 Å². The molecule has 0 amide bonds. The molecule has 3 rings (SSSR count). The van der Waals surface area contributed by atoms with Crippen molar-refractivity contribution in [3.63, 3.8) is 0 Å². The van der Waals surface area contributed by atoms with E-state index < -0.39 is 0 Å². The monoisotopic (exact) mass is 285 g/mol. The maximum atomic E-state index is 7.00. The number of nitrogens with two attached hydrogens (primary N) is 1. The Morgan fingerprint density at radius 2 is 1.62 bits per heavy atom. The van der Waals surface area contributed by atoms with E-state index in [1.807, 2.05) is 0 Å². The maximum Gasteiger partial charge on any atom is 0.0226 e. The van der Waals surface area contributed by atoms with Gasteiger partial charge >= 0.3 is 0 Å². The van der Waals surface area contributed by atoms with Crippen LogP contribution in [0.15, 0.2) is 24.3 Å². The van der Waals surface area contributed by atoms with Gasteiger partial charge in [0.2, 0.25) is 0 Å². The SMILES string of the molecule is Cc1ccc(CC2(N)CCCCC2C2CCCCC2)cc1. The topological polar surface area (TPSA) is 26.0 Å². The van der Waals surface area contributed by atoms with Gasteiger partial charge in [-0.25, -0.2) is 0 Å². The second kappa shape index (κ2) is 6.52. The highest BCUT2D eigenvalue weighted by molar-refractivity contribution is 5.24. The zero-order valence-electron chi connectivity index (χ0n) is 13.6. The van der Waals surface area contributed by atoms with Crippen molar-refractivity contribution in [2.75, 3.05) is 0 Å². The largest absolute Gasteiger partial charge is 0.325 e. The first kappa shape index (κ1) is 15.1. The molecule has 1 aromatic carbocycles. The van der Waals surface area contributed by atoms with Crippen LogP contribution < -0.4 is 5.73 Å². The zero-order valence-corrected chi connectivity index (χ0v) is 13.6. The Labute approximate surface area is 130 Å². The highest BCUT2D eigenvalue weighted by atomic mass is 14.8. The molecule has 116 valence electrons. The molecular formula is C20H31N.